The van der Waals surface area contributed by atoms with E-state index >= 15 is 0 Å². The van der Waals surface area contributed by atoms with E-state index in [9.17, 15) is 18.4 Å². The van der Waals surface area contributed by atoms with Gasteiger partial charge in [-0.25, -0.2) is 13.8 Å². The van der Waals surface area contributed by atoms with Crippen molar-refractivity contribution in [3.8, 4) is 11.1 Å². The Morgan fingerprint density at radius 1 is 1.25 bits per heavy atom. The second-order valence-electron chi connectivity index (χ2n) is 9.19. The fourth-order valence-electron chi connectivity index (χ4n) is 4.32. The summed E-state index contributed by atoms with van der Waals surface area (Å²) in [6, 6.07) is 2.93. The number of nitrogens with zero attached hydrogens (tertiary/aromatic N) is 2. The summed E-state index contributed by atoms with van der Waals surface area (Å²) >= 11 is 0. The Kier molecular flexibility index (Phi) is 5.62. The summed E-state index contributed by atoms with van der Waals surface area (Å²) in [5, 5.41) is 2.97. The van der Waals surface area contributed by atoms with Crippen LogP contribution in [0.1, 0.15) is 54.0 Å². The molecule has 2 fully saturated rings. The average molecular weight is 443 g/mol. The second-order valence-corrected chi connectivity index (χ2v) is 9.19. The third kappa shape index (κ3) is 4.43. The van der Waals surface area contributed by atoms with E-state index in [0.29, 0.717) is 31.1 Å². The standard InChI is InChI=1S/C23H27F2N5O2/c1-12(13-3-4-13)29-22(32)19-20(30-6-5-23(2,27)11-30)18(17(10-28-19)21(26)31)14-7-15(24)9-16(25)8-14/h7-10,12-13H,3-6,11,27H2,1-2H3,(H2,26,31)(H,29,32)/t12?,23-/m0/s1. The van der Waals surface area contributed by atoms with Gasteiger partial charge in [0.25, 0.3) is 11.8 Å². The van der Waals surface area contributed by atoms with Crippen LogP contribution in [0.4, 0.5) is 14.5 Å². The summed E-state index contributed by atoms with van der Waals surface area (Å²) in [7, 11) is 0. The summed E-state index contributed by atoms with van der Waals surface area (Å²) in [5.74, 6) is -2.43. The van der Waals surface area contributed by atoms with E-state index in [1.54, 1.807) is 0 Å². The van der Waals surface area contributed by atoms with Gasteiger partial charge in [0.05, 0.1) is 11.3 Å². The van der Waals surface area contributed by atoms with Gasteiger partial charge >= 0.3 is 0 Å². The van der Waals surface area contributed by atoms with Crippen LogP contribution in [0.15, 0.2) is 24.4 Å². The van der Waals surface area contributed by atoms with Crippen LogP contribution in [0, 0.1) is 17.6 Å². The number of rotatable bonds is 6. The van der Waals surface area contributed by atoms with Crippen LogP contribution in [0.5, 0.6) is 0 Å². The predicted octanol–water partition coefficient (Wildman–Crippen LogP) is 2.58. The maximum absolute atomic E-state index is 14.1. The van der Waals surface area contributed by atoms with Gasteiger partial charge in [-0.05, 0) is 56.7 Å². The van der Waals surface area contributed by atoms with Crippen LogP contribution in [-0.2, 0) is 0 Å². The van der Waals surface area contributed by atoms with Crippen molar-refractivity contribution in [2.24, 2.45) is 17.4 Å². The molecule has 0 bridgehead atoms. The number of carbonyl (C=O) groups is 2. The normalized spacial score (nSPS) is 21.5. The van der Waals surface area contributed by atoms with Crippen LogP contribution in [0.2, 0.25) is 0 Å². The molecule has 2 atom stereocenters. The first kappa shape index (κ1) is 22.1. The molecule has 1 aromatic carbocycles. The van der Waals surface area contributed by atoms with Gasteiger partial charge in [0.2, 0.25) is 0 Å². The van der Waals surface area contributed by atoms with E-state index in [4.69, 9.17) is 11.5 Å². The highest BCUT2D eigenvalue weighted by Gasteiger charge is 2.36. The zero-order valence-electron chi connectivity index (χ0n) is 18.1. The van der Waals surface area contributed by atoms with E-state index < -0.39 is 29.0 Å². The molecule has 4 rings (SSSR count). The molecule has 1 unspecified atom stereocenters. The highest BCUT2D eigenvalue weighted by Crippen LogP contribution is 2.40. The summed E-state index contributed by atoms with van der Waals surface area (Å²) in [6.45, 7) is 4.68. The fourth-order valence-corrected chi connectivity index (χ4v) is 4.32. The van der Waals surface area contributed by atoms with Gasteiger partial charge < -0.3 is 21.7 Å². The fraction of sp³-hybridized carbons (Fsp3) is 0.435. The molecule has 9 heteroatoms. The number of benzene rings is 1. The highest BCUT2D eigenvalue weighted by atomic mass is 19.1. The first-order valence-electron chi connectivity index (χ1n) is 10.7. The third-order valence-corrected chi connectivity index (χ3v) is 6.19. The van der Waals surface area contributed by atoms with Gasteiger partial charge in [-0.2, -0.15) is 0 Å². The Morgan fingerprint density at radius 2 is 1.91 bits per heavy atom. The zero-order valence-corrected chi connectivity index (χ0v) is 18.1. The molecule has 1 saturated heterocycles. The number of amides is 2. The SMILES string of the molecule is CC(NC(=O)c1ncc(C(N)=O)c(-c2cc(F)cc(F)c2)c1N1CC[C@](C)(N)C1)C1CC1. The topological polar surface area (TPSA) is 114 Å². The molecule has 170 valence electrons. The molecule has 1 saturated carbocycles. The number of hydrogen-bond acceptors (Lipinski definition) is 5. The molecule has 2 aliphatic rings. The van der Waals surface area contributed by atoms with E-state index in [0.717, 1.165) is 31.0 Å². The largest absolute Gasteiger partial charge is 0.367 e. The van der Waals surface area contributed by atoms with Crippen molar-refractivity contribution in [3.05, 3.63) is 47.3 Å². The van der Waals surface area contributed by atoms with Crippen LogP contribution < -0.4 is 21.7 Å². The van der Waals surface area contributed by atoms with Crippen molar-refractivity contribution in [3.63, 3.8) is 0 Å². The molecule has 1 aliphatic heterocycles. The molecule has 0 radical (unpaired) electrons. The van der Waals surface area contributed by atoms with Gasteiger partial charge in [0, 0.05) is 42.5 Å². The van der Waals surface area contributed by atoms with E-state index in [1.165, 1.54) is 6.20 Å². The molecule has 7 nitrogen and oxygen atoms in total. The number of nitrogens with two attached hydrogens (primary N) is 2. The lowest BCUT2D eigenvalue weighted by atomic mass is 9.96. The summed E-state index contributed by atoms with van der Waals surface area (Å²) < 4.78 is 28.2. The van der Waals surface area contributed by atoms with E-state index in [-0.39, 0.29) is 28.4 Å². The van der Waals surface area contributed by atoms with Crippen molar-refractivity contribution in [1.82, 2.24) is 10.3 Å². The van der Waals surface area contributed by atoms with Gasteiger partial charge in [-0.1, -0.05) is 0 Å². The molecule has 0 spiro atoms. The van der Waals surface area contributed by atoms with Gasteiger partial charge in [0.1, 0.15) is 11.6 Å². The van der Waals surface area contributed by atoms with Gasteiger partial charge in [-0.15, -0.1) is 0 Å². The molecule has 1 aliphatic carbocycles. The molecule has 2 aromatic rings. The Balaban J connectivity index is 1.92. The van der Waals surface area contributed by atoms with E-state index in [2.05, 4.69) is 10.3 Å². The van der Waals surface area contributed by atoms with Gasteiger partial charge in [-0.3, -0.25) is 9.59 Å². The number of pyridine rings is 1. The molecule has 5 N–H and O–H groups in total. The number of hydrogen-bond donors (Lipinski definition) is 3. The monoisotopic (exact) mass is 443 g/mol. The minimum absolute atomic E-state index is 0.0255. The molecule has 32 heavy (non-hydrogen) atoms. The van der Waals surface area contributed by atoms with Gasteiger partial charge in [0.15, 0.2) is 5.69 Å². The lowest BCUT2D eigenvalue weighted by molar-refractivity contribution is 0.0929. The van der Waals surface area contributed by atoms with Crippen LogP contribution >= 0.6 is 0 Å². The molecular weight excluding hydrogens is 416 g/mol. The zero-order chi connectivity index (χ0) is 23.2. The predicted molar refractivity (Wildman–Crippen MR) is 117 cm³/mol. The number of carbonyl (C=O) groups excluding carboxylic acids is 2. The smallest absolute Gasteiger partial charge is 0.272 e. The van der Waals surface area contributed by atoms with Crippen molar-refractivity contribution in [1.29, 1.82) is 0 Å². The number of aromatic nitrogens is 1. The maximum atomic E-state index is 14.1. The van der Waals surface area contributed by atoms with Crippen molar-refractivity contribution in [2.75, 3.05) is 18.0 Å². The molecular formula is C23H27F2N5O2. The number of nitrogens with one attached hydrogen (secondary N) is 1. The molecule has 2 amide bonds. The molecule has 2 heterocycles. The maximum Gasteiger partial charge on any atom is 0.272 e. The number of primary amides is 1. The Bertz CT molecular complexity index is 1060. The average Bonchev–Trinajstić information content (AvgIpc) is 3.49. The quantitative estimate of drug-likeness (QED) is 0.635. The second kappa shape index (κ2) is 8.12. The first-order valence-corrected chi connectivity index (χ1v) is 10.7. The Morgan fingerprint density at radius 3 is 2.44 bits per heavy atom. The van der Waals surface area contributed by atoms with Crippen molar-refractivity contribution < 1.29 is 18.4 Å². The van der Waals surface area contributed by atoms with E-state index in [1.807, 2.05) is 18.7 Å². The number of anilines is 1. The Labute approximate surface area is 185 Å². The minimum atomic E-state index is -0.813. The molecule has 1 aromatic heterocycles. The minimum Gasteiger partial charge on any atom is -0.367 e. The Hall–Kier alpha value is -3.07. The van der Waals surface area contributed by atoms with Crippen molar-refractivity contribution >= 4 is 17.5 Å². The third-order valence-electron chi connectivity index (χ3n) is 6.19. The summed E-state index contributed by atoms with van der Waals surface area (Å²) in [4.78, 5) is 31.6. The highest BCUT2D eigenvalue weighted by molar-refractivity contribution is 6.08. The lowest BCUT2D eigenvalue weighted by Gasteiger charge is -2.27. The van der Waals surface area contributed by atoms with Crippen molar-refractivity contribution in [2.45, 2.75) is 44.7 Å². The van der Waals surface area contributed by atoms with Crippen LogP contribution in [-0.4, -0.2) is 41.5 Å². The van der Waals surface area contributed by atoms with Crippen LogP contribution in [0.3, 0.4) is 0 Å². The first-order chi connectivity index (χ1) is 15.1. The number of halogens is 2. The summed E-state index contributed by atoms with van der Waals surface area (Å²) in [6.07, 6.45) is 3.92. The van der Waals surface area contributed by atoms with Crippen LogP contribution in [0.25, 0.3) is 11.1 Å². The lowest BCUT2D eigenvalue weighted by Crippen LogP contribution is -2.40. The summed E-state index contributed by atoms with van der Waals surface area (Å²) in [5.41, 5.74) is 12.0.